The number of furan rings is 1. The quantitative estimate of drug-likeness (QED) is 0.163. The predicted molar refractivity (Wildman–Crippen MR) is 255 cm³/mol. The first-order valence-electron chi connectivity index (χ1n) is 21.0. The molecule has 280 valence electrons. The molecule has 0 radical (unpaired) electrons. The van der Waals surface area contributed by atoms with E-state index in [0.29, 0.717) is 0 Å². The lowest BCUT2D eigenvalue weighted by molar-refractivity contribution is 0.659. The van der Waals surface area contributed by atoms with Crippen molar-refractivity contribution in [1.82, 2.24) is 0 Å². The van der Waals surface area contributed by atoms with Crippen LogP contribution in [0.1, 0.15) is 25.0 Å². The minimum atomic E-state index is -0.174. The van der Waals surface area contributed by atoms with E-state index in [-0.39, 0.29) is 5.41 Å². The molecule has 0 amide bonds. The Labute approximate surface area is 347 Å². The van der Waals surface area contributed by atoms with E-state index in [2.05, 4.69) is 208 Å². The molecule has 0 N–H and O–H groups in total. The van der Waals surface area contributed by atoms with Crippen molar-refractivity contribution in [2.45, 2.75) is 19.3 Å². The molecule has 1 aromatic heterocycles. The third-order valence-corrected chi connectivity index (χ3v) is 13.6. The van der Waals surface area contributed by atoms with E-state index in [4.69, 9.17) is 4.42 Å². The van der Waals surface area contributed by atoms with Crippen molar-refractivity contribution in [2.75, 3.05) is 0 Å². The standard InChI is InChI=1S/C59H38O/c1-59(2)52-25-12-11-19-43(52)51-34-50(58-55(56(51)59)49-31-30-36-15-4-6-18-42(36)57(49)60-58)39-28-26-38-33-40(29-27-37(38)32-39)53-45-20-7-9-22-47(45)54(48-23-10-8-21-46(48)53)44-24-13-16-35-14-3-5-17-41(35)44/h3-34H,1-2H3. The first-order chi connectivity index (χ1) is 29.5. The van der Waals surface area contributed by atoms with Gasteiger partial charge in [-0.05, 0) is 123 Å². The molecule has 13 rings (SSSR count). The molecule has 1 heteroatoms. The topological polar surface area (TPSA) is 13.1 Å². The smallest absolute Gasteiger partial charge is 0.143 e. The minimum Gasteiger partial charge on any atom is -0.455 e. The number of benzene rings is 11. The molecule has 0 bridgehead atoms. The molecule has 0 saturated carbocycles. The molecule has 1 aliphatic rings. The summed E-state index contributed by atoms with van der Waals surface area (Å²) in [7, 11) is 0. The maximum absolute atomic E-state index is 7.10. The Morgan fingerprint density at radius 3 is 1.60 bits per heavy atom. The van der Waals surface area contributed by atoms with Crippen molar-refractivity contribution in [3.05, 3.63) is 205 Å². The van der Waals surface area contributed by atoms with Crippen molar-refractivity contribution in [3.8, 4) is 44.5 Å². The van der Waals surface area contributed by atoms with Crippen LogP contribution in [0, 0.1) is 0 Å². The van der Waals surface area contributed by atoms with Crippen LogP contribution < -0.4 is 0 Å². The van der Waals surface area contributed by atoms with Crippen LogP contribution in [-0.2, 0) is 5.41 Å². The highest BCUT2D eigenvalue weighted by Crippen LogP contribution is 2.56. The van der Waals surface area contributed by atoms with Crippen LogP contribution in [0.25, 0.3) is 120 Å². The summed E-state index contributed by atoms with van der Waals surface area (Å²) >= 11 is 0. The highest BCUT2D eigenvalue weighted by Gasteiger charge is 2.39. The van der Waals surface area contributed by atoms with Gasteiger partial charge in [-0.3, -0.25) is 0 Å². The lowest BCUT2D eigenvalue weighted by atomic mass is 9.79. The molecule has 0 aliphatic heterocycles. The van der Waals surface area contributed by atoms with Crippen LogP contribution in [0.5, 0.6) is 0 Å². The minimum absolute atomic E-state index is 0.174. The average molecular weight is 763 g/mol. The van der Waals surface area contributed by atoms with E-state index in [1.807, 2.05) is 0 Å². The Hall–Kier alpha value is -7.48. The second kappa shape index (κ2) is 12.3. The molecule has 60 heavy (non-hydrogen) atoms. The van der Waals surface area contributed by atoms with Crippen LogP contribution in [-0.4, -0.2) is 0 Å². The largest absolute Gasteiger partial charge is 0.455 e. The van der Waals surface area contributed by atoms with E-state index >= 15 is 0 Å². The molecule has 0 unspecified atom stereocenters. The van der Waals surface area contributed by atoms with Gasteiger partial charge in [-0.25, -0.2) is 0 Å². The van der Waals surface area contributed by atoms with Gasteiger partial charge < -0.3 is 4.42 Å². The third kappa shape index (κ3) is 4.58. The highest BCUT2D eigenvalue weighted by atomic mass is 16.3. The van der Waals surface area contributed by atoms with Crippen molar-refractivity contribution < 1.29 is 4.42 Å². The zero-order valence-corrected chi connectivity index (χ0v) is 33.4. The van der Waals surface area contributed by atoms with Gasteiger partial charge in [-0.15, -0.1) is 0 Å². The van der Waals surface area contributed by atoms with E-state index in [0.717, 1.165) is 27.7 Å². The SMILES string of the molecule is CC1(C)c2ccccc2-c2cc(-c3ccc4cc(-c5c6ccccc6c(-c6cccc7ccccc67)c6ccccc56)ccc4c3)c3oc4c5ccccc5ccc4c3c21. The molecule has 0 atom stereocenters. The van der Waals surface area contributed by atoms with Crippen molar-refractivity contribution >= 4 is 75.8 Å². The second-order valence-corrected chi connectivity index (χ2v) is 17.1. The summed E-state index contributed by atoms with van der Waals surface area (Å²) in [4.78, 5) is 0. The average Bonchev–Trinajstić information content (AvgIpc) is 3.80. The Balaban J connectivity index is 1.03. The second-order valence-electron chi connectivity index (χ2n) is 17.1. The summed E-state index contributed by atoms with van der Waals surface area (Å²) < 4.78 is 7.10. The van der Waals surface area contributed by atoms with E-state index < -0.39 is 0 Å². The monoisotopic (exact) mass is 762 g/mol. The molecule has 0 fully saturated rings. The van der Waals surface area contributed by atoms with Gasteiger partial charge in [0.2, 0.25) is 0 Å². The lowest BCUT2D eigenvalue weighted by Crippen LogP contribution is -2.15. The van der Waals surface area contributed by atoms with Crippen LogP contribution in [0.15, 0.2) is 199 Å². The lowest BCUT2D eigenvalue weighted by Gasteiger charge is -2.22. The molecule has 1 heterocycles. The first-order valence-corrected chi connectivity index (χ1v) is 21.0. The molecule has 11 aromatic carbocycles. The Kier molecular flexibility index (Phi) is 6.85. The van der Waals surface area contributed by atoms with Crippen LogP contribution in [0.3, 0.4) is 0 Å². The van der Waals surface area contributed by atoms with E-state index in [1.165, 1.54) is 104 Å². The number of fused-ring (bicyclic) bond motifs is 13. The Bertz CT molecular complexity index is 3740. The number of hydrogen-bond donors (Lipinski definition) is 0. The number of hydrogen-bond acceptors (Lipinski definition) is 1. The fraction of sp³-hybridized carbons (Fsp3) is 0.0508. The molecule has 0 saturated heterocycles. The zero-order chi connectivity index (χ0) is 39.7. The highest BCUT2D eigenvalue weighted by molar-refractivity contribution is 6.24. The van der Waals surface area contributed by atoms with Gasteiger partial charge in [0.05, 0.1) is 0 Å². The van der Waals surface area contributed by atoms with Crippen molar-refractivity contribution in [3.63, 3.8) is 0 Å². The van der Waals surface area contributed by atoms with Gasteiger partial charge in [0.1, 0.15) is 11.2 Å². The van der Waals surface area contributed by atoms with Gasteiger partial charge >= 0.3 is 0 Å². The Morgan fingerprint density at radius 2 is 0.867 bits per heavy atom. The maximum atomic E-state index is 7.10. The normalized spacial score (nSPS) is 13.3. The van der Waals surface area contributed by atoms with Gasteiger partial charge in [-0.2, -0.15) is 0 Å². The number of rotatable bonds is 3. The van der Waals surface area contributed by atoms with E-state index in [9.17, 15) is 0 Å². The summed E-state index contributed by atoms with van der Waals surface area (Å²) in [6.45, 7) is 4.74. The van der Waals surface area contributed by atoms with Gasteiger partial charge in [-0.1, -0.05) is 184 Å². The summed E-state index contributed by atoms with van der Waals surface area (Å²) in [6, 6.07) is 71.8. The molecule has 1 aliphatic carbocycles. The van der Waals surface area contributed by atoms with Gasteiger partial charge in [0.25, 0.3) is 0 Å². The van der Waals surface area contributed by atoms with E-state index in [1.54, 1.807) is 0 Å². The van der Waals surface area contributed by atoms with Gasteiger partial charge in [0, 0.05) is 27.1 Å². The molecular weight excluding hydrogens is 725 g/mol. The maximum Gasteiger partial charge on any atom is 0.143 e. The van der Waals surface area contributed by atoms with Crippen molar-refractivity contribution in [2.24, 2.45) is 0 Å². The first kappa shape index (κ1) is 33.5. The summed E-state index contributed by atoms with van der Waals surface area (Å²) in [5, 5.41) is 14.7. The molecule has 1 nitrogen and oxygen atoms in total. The predicted octanol–water partition coefficient (Wildman–Crippen LogP) is 16.7. The fourth-order valence-corrected chi connectivity index (χ4v) is 10.9. The van der Waals surface area contributed by atoms with Gasteiger partial charge in [0.15, 0.2) is 0 Å². The third-order valence-electron chi connectivity index (χ3n) is 13.6. The van der Waals surface area contributed by atoms with Crippen molar-refractivity contribution in [1.29, 1.82) is 0 Å². The molecular formula is C59H38O. The Morgan fingerprint density at radius 1 is 0.333 bits per heavy atom. The zero-order valence-electron chi connectivity index (χ0n) is 33.4. The summed E-state index contributed by atoms with van der Waals surface area (Å²) in [6.07, 6.45) is 0. The summed E-state index contributed by atoms with van der Waals surface area (Å²) in [5.41, 5.74) is 14.4. The fourth-order valence-electron chi connectivity index (χ4n) is 10.9. The molecule has 12 aromatic rings. The van der Waals surface area contributed by atoms with Crippen LogP contribution >= 0.6 is 0 Å². The van der Waals surface area contributed by atoms with Crippen LogP contribution in [0.4, 0.5) is 0 Å². The molecule has 0 spiro atoms. The van der Waals surface area contributed by atoms with Crippen LogP contribution in [0.2, 0.25) is 0 Å². The summed E-state index contributed by atoms with van der Waals surface area (Å²) in [5.74, 6) is 0.